The summed E-state index contributed by atoms with van der Waals surface area (Å²) >= 11 is 0. The highest BCUT2D eigenvalue weighted by Crippen LogP contribution is 2.23. The Morgan fingerprint density at radius 3 is 2.52 bits per heavy atom. The minimum Gasteiger partial charge on any atom is -0.289 e. The van der Waals surface area contributed by atoms with Crippen LogP contribution in [-0.4, -0.2) is 82.2 Å². The van der Waals surface area contributed by atoms with E-state index in [4.69, 9.17) is 4.99 Å². The predicted octanol–water partition coefficient (Wildman–Crippen LogP) is 2.08. The Labute approximate surface area is 172 Å². The zero-order chi connectivity index (χ0) is 20.7. The maximum absolute atomic E-state index is 13.0. The number of likely N-dealkylation sites (N-methyl/N-ethyl adjacent to an activating group) is 2. The molecule has 154 valence electrons. The van der Waals surface area contributed by atoms with Crippen molar-refractivity contribution in [3.05, 3.63) is 35.4 Å². The molecule has 2 fully saturated rings. The molecule has 3 heterocycles. The van der Waals surface area contributed by atoms with Gasteiger partial charge in [-0.05, 0) is 43.8 Å². The molecule has 0 aromatic heterocycles. The lowest BCUT2D eigenvalue weighted by Crippen LogP contribution is -2.61. The summed E-state index contributed by atoms with van der Waals surface area (Å²) in [5.41, 5.74) is 2.34. The van der Waals surface area contributed by atoms with Crippen LogP contribution in [0.2, 0.25) is 0 Å². The number of likely N-dealkylation sites (tertiary alicyclic amines) is 1. The molecule has 2 saturated heterocycles. The highest BCUT2D eigenvalue weighted by atomic mass is 16.2. The Bertz CT molecular complexity index is 889. The van der Waals surface area contributed by atoms with Crippen molar-refractivity contribution in [1.82, 2.24) is 14.7 Å². The monoisotopic (exact) mass is 396 g/mol. The van der Waals surface area contributed by atoms with E-state index in [9.17, 15) is 9.59 Å². The van der Waals surface area contributed by atoms with Crippen LogP contribution in [-0.2, 0) is 11.3 Å². The zero-order valence-corrected chi connectivity index (χ0v) is 17.8. The first kappa shape index (κ1) is 19.8. The molecule has 2 atom stereocenters. The molecule has 0 radical (unpaired) electrons. The van der Waals surface area contributed by atoms with Crippen LogP contribution in [0.4, 0.5) is 4.79 Å². The number of urea groups is 1. The summed E-state index contributed by atoms with van der Waals surface area (Å²) in [4.78, 5) is 35.5. The van der Waals surface area contributed by atoms with Gasteiger partial charge in [0.1, 0.15) is 13.1 Å². The molecule has 0 aliphatic carbocycles. The van der Waals surface area contributed by atoms with Gasteiger partial charge < -0.3 is 0 Å². The maximum atomic E-state index is 13.0. The van der Waals surface area contributed by atoms with E-state index in [1.165, 1.54) is 34.6 Å². The topological polar surface area (TPSA) is 59.2 Å². The zero-order valence-electron chi connectivity index (χ0n) is 17.8. The lowest BCUT2D eigenvalue weighted by atomic mass is 10.0. The summed E-state index contributed by atoms with van der Waals surface area (Å²) in [6.07, 6.45) is 3.64. The Morgan fingerprint density at radius 2 is 1.83 bits per heavy atom. The van der Waals surface area contributed by atoms with Gasteiger partial charge in [0.15, 0.2) is 0 Å². The number of amidine groups is 2. The van der Waals surface area contributed by atoms with E-state index in [1.54, 1.807) is 14.1 Å². The summed E-state index contributed by atoms with van der Waals surface area (Å²) in [5, 5.41) is 0. The summed E-state index contributed by atoms with van der Waals surface area (Å²) in [7, 11) is 3.25. The normalized spacial score (nSPS) is 25.6. The summed E-state index contributed by atoms with van der Waals surface area (Å²) < 4.78 is 2.09. The number of hydrogen-bond acceptors (Lipinski definition) is 4. The minimum absolute atomic E-state index is 0.208. The van der Waals surface area contributed by atoms with E-state index < -0.39 is 6.04 Å². The van der Waals surface area contributed by atoms with Gasteiger partial charge in [-0.1, -0.05) is 36.2 Å². The third kappa shape index (κ3) is 3.59. The third-order valence-corrected chi connectivity index (χ3v) is 6.37. The van der Waals surface area contributed by atoms with Crippen LogP contribution in [0.15, 0.2) is 29.3 Å². The number of hydrogen-bond donors (Lipinski definition) is 0. The molecular weight excluding hydrogens is 366 g/mol. The van der Waals surface area contributed by atoms with Gasteiger partial charge in [-0.2, -0.15) is 0 Å². The van der Waals surface area contributed by atoms with Crippen LogP contribution in [0.25, 0.3) is 0 Å². The Hall–Kier alpha value is -2.54. The Morgan fingerprint density at radius 1 is 1.10 bits per heavy atom. The summed E-state index contributed by atoms with van der Waals surface area (Å²) in [5.74, 6) is 1.22. The van der Waals surface area contributed by atoms with Crippen molar-refractivity contribution in [2.75, 3.05) is 27.2 Å². The smallest absolute Gasteiger partial charge is 0.289 e. The molecule has 3 aliphatic heterocycles. The highest BCUT2D eigenvalue weighted by Gasteiger charge is 2.53. The first-order chi connectivity index (χ1) is 13.9. The fourth-order valence-electron chi connectivity index (χ4n) is 4.42. The van der Waals surface area contributed by atoms with Gasteiger partial charge >= 0.3 is 11.9 Å². The van der Waals surface area contributed by atoms with Crippen molar-refractivity contribution in [3.63, 3.8) is 0 Å². The molecule has 3 aliphatic rings. The quantitative estimate of drug-likeness (QED) is 0.733. The number of imide groups is 1. The fourth-order valence-corrected chi connectivity index (χ4v) is 4.42. The number of benzene rings is 1. The van der Waals surface area contributed by atoms with Crippen LogP contribution < -0.4 is 0 Å². The number of piperidine rings is 1. The summed E-state index contributed by atoms with van der Waals surface area (Å²) in [6, 6.07) is 8.00. The van der Waals surface area contributed by atoms with Crippen molar-refractivity contribution in [2.45, 2.75) is 51.7 Å². The van der Waals surface area contributed by atoms with Crippen LogP contribution >= 0.6 is 0 Å². The van der Waals surface area contributed by atoms with E-state index in [2.05, 4.69) is 47.6 Å². The minimum atomic E-state index is -0.543. The lowest BCUT2D eigenvalue weighted by molar-refractivity contribution is -0.552. The van der Waals surface area contributed by atoms with Gasteiger partial charge in [0, 0.05) is 20.1 Å². The fraction of sp³-hybridized carbons (Fsp3) is 0.545. The summed E-state index contributed by atoms with van der Waals surface area (Å²) in [6.45, 7) is 6.66. The molecule has 2 unspecified atom stereocenters. The number of amides is 3. The molecule has 1 aromatic rings. The molecular formula is C22H30N5O2+. The van der Waals surface area contributed by atoms with Gasteiger partial charge in [0.05, 0.1) is 0 Å². The van der Waals surface area contributed by atoms with Crippen molar-refractivity contribution >= 4 is 23.6 Å². The molecule has 7 heteroatoms. The standard InChI is InChI=1S/C22H30N5O2/c1-15-8-10-17(11-9-15)13-27-18(14-26-12-6-5-7-16(26)2)23-20-19(27)21(28)25(4)22(29)24(20)3/h8-11,16,19H,5-7,12-14H2,1-4H3/q+1. The molecule has 0 bridgehead atoms. The Balaban J connectivity index is 1.71. The van der Waals surface area contributed by atoms with Crippen LogP contribution in [0.5, 0.6) is 0 Å². The van der Waals surface area contributed by atoms with Gasteiger partial charge in [-0.15, -0.1) is 0 Å². The first-order valence-electron chi connectivity index (χ1n) is 10.4. The highest BCUT2D eigenvalue weighted by molar-refractivity contribution is 6.23. The lowest BCUT2D eigenvalue weighted by Gasteiger charge is -2.32. The number of rotatable bonds is 4. The number of fused-ring (bicyclic) bond motifs is 1. The van der Waals surface area contributed by atoms with Crippen molar-refractivity contribution < 1.29 is 14.2 Å². The largest absolute Gasteiger partial charge is 0.333 e. The predicted molar refractivity (Wildman–Crippen MR) is 112 cm³/mol. The van der Waals surface area contributed by atoms with E-state index in [-0.39, 0.29) is 11.9 Å². The van der Waals surface area contributed by atoms with Gasteiger partial charge in [-0.3, -0.25) is 19.5 Å². The molecule has 0 spiro atoms. The molecule has 4 rings (SSSR count). The second-order valence-corrected chi connectivity index (χ2v) is 8.46. The Kier molecular flexibility index (Phi) is 5.25. The molecule has 29 heavy (non-hydrogen) atoms. The number of nitrogens with zero attached hydrogens (tertiary/aromatic N) is 5. The number of aliphatic imine (C=N–C) groups is 1. The van der Waals surface area contributed by atoms with Crippen LogP contribution in [0, 0.1) is 6.92 Å². The van der Waals surface area contributed by atoms with E-state index in [0.29, 0.717) is 25.0 Å². The maximum Gasteiger partial charge on any atom is 0.333 e. The van der Waals surface area contributed by atoms with Crippen molar-refractivity contribution in [2.24, 2.45) is 4.99 Å². The van der Waals surface area contributed by atoms with Crippen LogP contribution in [0.3, 0.4) is 0 Å². The second-order valence-electron chi connectivity index (χ2n) is 8.46. The molecule has 3 amide bonds. The van der Waals surface area contributed by atoms with Gasteiger partial charge in [0.2, 0.25) is 0 Å². The van der Waals surface area contributed by atoms with Crippen molar-refractivity contribution in [1.29, 1.82) is 0 Å². The third-order valence-electron chi connectivity index (χ3n) is 6.37. The molecule has 0 N–H and O–H groups in total. The number of carbonyl (C=O) groups is 2. The molecule has 0 saturated carbocycles. The van der Waals surface area contributed by atoms with E-state index in [0.717, 1.165) is 17.9 Å². The van der Waals surface area contributed by atoms with Gasteiger partial charge in [0.25, 0.3) is 17.8 Å². The SMILES string of the molecule is Cc1ccc(C[N+]2=C(CN3CCCCC3C)N=C3C2C(=O)N(C)C(=O)N3C)cc1. The molecule has 7 nitrogen and oxygen atoms in total. The van der Waals surface area contributed by atoms with Crippen molar-refractivity contribution in [3.8, 4) is 0 Å². The van der Waals surface area contributed by atoms with Crippen LogP contribution in [0.1, 0.15) is 37.3 Å². The molecule has 1 aromatic carbocycles. The van der Waals surface area contributed by atoms with E-state index in [1.807, 2.05) is 0 Å². The average molecular weight is 397 g/mol. The average Bonchev–Trinajstić information content (AvgIpc) is 3.06. The van der Waals surface area contributed by atoms with Gasteiger partial charge in [-0.25, -0.2) is 9.37 Å². The second kappa shape index (κ2) is 7.71. The number of carbonyl (C=O) groups excluding carboxylic acids is 2. The number of aryl methyl sites for hydroxylation is 1. The first-order valence-corrected chi connectivity index (χ1v) is 10.4. The van der Waals surface area contributed by atoms with E-state index >= 15 is 0 Å².